The fourth-order valence-electron chi connectivity index (χ4n) is 2.55. The van der Waals surface area contributed by atoms with E-state index in [-0.39, 0.29) is 0 Å². The van der Waals surface area contributed by atoms with E-state index in [9.17, 15) is 0 Å². The topological polar surface area (TPSA) is 30.5 Å². The molecule has 3 unspecified atom stereocenters. The van der Waals surface area contributed by atoms with E-state index in [0.717, 1.165) is 26.2 Å². The van der Waals surface area contributed by atoms with E-state index in [1.165, 1.54) is 32.1 Å². The quantitative estimate of drug-likeness (QED) is 0.730. The molecular formula is C13H25NO2. The van der Waals surface area contributed by atoms with Crippen LogP contribution in [-0.4, -0.2) is 38.0 Å². The van der Waals surface area contributed by atoms with Gasteiger partial charge in [-0.1, -0.05) is 0 Å². The summed E-state index contributed by atoms with van der Waals surface area (Å²) in [6.07, 6.45) is 8.25. The predicted octanol–water partition coefficient (Wildman–Crippen LogP) is 2.10. The summed E-state index contributed by atoms with van der Waals surface area (Å²) in [7, 11) is 0. The predicted molar refractivity (Wildman–Crippen MR) is 64.6 cm³/mol. The van der Waals surface area contributed by atoms with Crippen molar-refractivity contribution < 1.29 is 9.47 Å². The van der Waals surface area contributed by atoms with Gasteiger partial charge in [-0.15, -0.1) is 0 Å². The fourth-order valence-corrected chi connectivity index (χ4v) is 2.55. The Labute approximate surface area is 98.9 Å². The van der Waals surface area contributed by atoms with Gasteiger partial charge >= 0.3 is 0 Å². The Morgan fingerprint density at radius 2 is 2.25 bits per heavy atom. The molecule has 2 aliphatic rings. The van der Waals surface area contributed by atoms with Gasteiger partial charge in [0.15, 0.2) is 0 Å². The molecule has 3 atom stereocenters. The molecule has 0 saturated carbocycles. The lowest BCUT2D eigenvalue weighted by molar-refractivity contribution is 0.0210. The van der Waals surface area contributed by atoms with Crippen LogP contribution in [0.2, 0.25) is 0 Å². The summed E-state index contributed by atoms with van der Waals surface area (Å²) in [6.45, 7) is 5.14. The number of piperidine rings is 1. The molecule has 94 valence electrons. The molecule has 2 rings (SSSR count). The van der Waals surface area contributed by atoms with Gasteiger partial charge in [-0.05, 0) is 45.4 Å². The summed E-state index contributed by atoms with van der Waals surface area (Å²) in [5.74, 6) is 0. The monoisotopic (exact) mass is 227 g/mol. The minimum absolute atomic E-state index is 0.445. The number of rotatable bonds is 5. The van der Waals surface area contributed by atoms with Crippen LogP contribution in [0.15, 0.2) is 0 Å². The van der Waals surface area contributed by atoms with Crippen LogP contribution < -0.4 is 5.32 Å². The third kappa shape index (κ3) is 4.04. The number of ether oxygens (including phenoxy) is 2. The van der Waals surface area contributed by atoms with Crippen LogP contribution >= 0.6 is 0 Å². The van der Waals surface area contributed by atoms with E-state index >= 15 is 0 Å². The molecule has 0 aromatic rings. The third-order valence-corrected chi connectivity index (χ3v) is 3.66. The molecule has 2 heterocycles. The summed E-state index contributed by atoms with van der Waals surface area (Å²) in [5.41, 5.74) is 0. The Balaban J connectivity index is 1.48. The summed E-state index contributed by atoms with van der Waals surface area (Å²) in [4.78, 5) is 0. The van der Waals surface area contributed by atoms with E-state index in [1.807, 2.05) is 0 Å². The third-order valence-electron chi connectivity index (χ3n) is 3.66. The lowest BCUT2D eigenvalue weighted by Gasteiger charge is -2.27. The van der Waals surface area contributed by atoms with Gasteiger partial charge in [0.05, 0.1) is 12.2 Å². The summed E-state index contributed by atoms with van der Waals surface area (Å²) < 4.78 is 11.5. The lowest BCUT2D eigenvalue weighted by atomic mass is 10.0. The molecule has 3 heteroatoms. The van der Waals surface area contributed by atoms with Crippen molar-refractivity contribution in [3.8, 4) is 0 Å². The summed E-state index contributed by atoms with van der Waals surface area (Å²) in [6, 6.07) is 0.673. The fraction of sp³-hybridized carbons (Fsp3) is 1.00. The Morgan fingerprint density at radius 1 is 1.31 bits per heavy atom. The molecule has 3 nitrogen and oxygen atoms in total. The first kappa shape index (κ1) is 12.3. The largest absolute Gasteiger partial charge is 0.378 e. The number of hydrogen-bond acceptors (Lipinski definition) is 3. The Morgan fingerprint density at radius 3 is 2.94 bits per heavy atom. The highest BCUT2D eigenvalue weighted by molar-refractivity contribution is 4.75. The number of nitrogens with one attached hydrogen (secondary N) is 1. The first-order valence-corrected chi connectivity index (χ1v) is 6.81. The molecule has 0 spiro atoms. The second kappa shape index (κ2) is 6.58. The van der Waals surface area contributed by atoms with Crippen LogP contribution in [0.4, 0.5) is 0 Å². The molecule has 2 fully saturated rings. The van der Waals surface area contributed by atoms with Crippen LogP contribution in [0.25, 0.3) is 0 Å². The van der Waals surface area contributed by atoms with Gasteiger partial charge in [-0.25, -0.2) is 0 Å². The second-order valence-corrected chi connectivity index (χ2v) is 5.16. The minimum atomic E-state index is 0.445. The van der Waals surface area contributed by atoms with Crippen LogP contribution in [0.5, 0.6) is 0 Å². The van der Waals surface area contributed by atoms with Crippen molar-refractivity contribution in [1.82, 2.24) is 5.32 Å². The first-order valence-electron chi connectivity index (χ1n) is 6.81. The van der Waals surface area contributed by atoms with E-state index in [4.69, 9.17) is 9.47 Å². The van der Waals surface area contributed by atoms with Crippen LogP contribution in [0.1, 0.15) is 45.4 Å². The average Bonchev–Trinajstić information content (AvgIpc) is 2.80. The Hall–Kier alpha value is -0.120. The second-order valence-electron chi connectivity index (χ2n) is 5.16. The van der Waals surface area contributed by atoms with Gasteiger partial charge in [-0.2, -0.15) is 0 Å². The summed E-state index contributed by atoms with van der Waals surface area (Å²) in [5, 5.41) is 3.46. The zero-order valence-corrected chi connectivity index (χ0v) is 10.4. The standard InChI is InChI=1S/C13H25NO2/c1-11-6-7-13(10-14-11)16-9-3-5-12-4-2-8-15-12/h11-14H,2-10H2,1H3. The maximum atomic E-state index is 5.87. The van der Waals surface area contributed by atoms with Crippen molar-refractivity contribution in [3.05, 3.63) is 0 Å². The molecule has 0 radical (unpaired) electrons. The molecule has 16 heavy (non-hydrogen) atoms. The molecule has 0 aliphatic carbocycles. The molecule has 0 aromatic carbocycles. The maximum absolute atomic E-state index is 5.87. The van der Waals surface area contributed by atoms with Crippen molar-refractivity contribution in [2.24, 2.45) is 0 Å². The highest BCUT2D eigenvalue weighted by atomic mass is 16.5. The van der Waals surface area contributed by atoms with E-state index < -0.39 is 0 Å². The van der Waals surface area contributed by atoms with Gasteiger partial charge in [-0.3, -0.25) is 0 Å². The van der Waals surface area contributed by atoms with E-state index in [0.29, 0.717) is 18.2 Å². The van der Waals surface area contributed by atoms with Crippen LogP contribution in [0, 0.1) is 0 Å². The molecular weight excluding hydrogens is 202 g/mol. The molecule has 0 aromatic heterocycles. The van der Waals surface area contributed by atoms with Crippen LogP contribution in [-0.2, 0) is 9.47 Å². The van der Waals surface area contributed by atoms with Gasteiger partial charge in [0.2, 0.25) is 0 Å². The zero-order valence-electron chi connectivity index (χ0n) is 10.4. The maximum Gasteiger partial charge on any atom is 0.0700 e. The first-order chi connectivity index (χ1) is 7.84. The van der Waals surface area contributed by atoms with Crippen molar-refractivity contribution in [1.29, 1.82) is 0 Å². The van der Waals surface area contributed by atoms with E-state index in [2.05, 4.69) is 12.2 Å². The summed E-state index contributed by atoms with van der Waals surface area (Å²) >= 11 is 0. The van der Waals surface area contributed by atoms with Gasteiger partial charge in [0.1, 0.15) is 0 Å². The smallest absolute Gasteiger partial charge is 0.0700 e. The van der Waals surface area contributed by atoms with Gasteiger partial charge in [0.25, 0.3) is 0 Å². The minimum Gasteiger partial charge on any atom is -0.378 e. The molecule has 0 bridgehead atoms. The van der Waals surface area contributed by atoms with Crippen molar-refractivity contribution >= 4 is 0 Å². The Kier molecular flexibility index (Phi) is 5.07. The molecule has 2 aliphatic heterocycles. The van der Waals surface area contributed by atoms with Crippen LogP contribution in [0.3, 0.4) is 0 Å². The Bertz CT molecular complexity index is 184. The highest BCUT2D eigenvalue weighted by Crippen LogP contribution is 2.17. The van der Waals surface area contributed by atoms with Crippen molar-refractivity contribution in [2.45, 2.75) is 63.7 Å². The SMILES string of the molecule is CC1CCC(OCCCC2CCCO2)CN1. The van der Waals surface area contributed by atoms with E-state index in [1.54, 1.807) is 0 Å². The molecule has 0 amide bonds. The molecule has 1 N–H and O–H groups in total. The van der Waals surface area contributed by atoms with Gasteiger partial charge in [0, 0.05) is 25.8 Å². The average molecular weight is 227 g/mol. The molecule has 2 saturated heterocycles. The lowest BCUT2D eigenvalue weighted by Crippen LogP contribution is -2.41. The van der Waals surface area contributed by atoms with Gasteiger partial charge < -0.3 is 14.8 Å². The number of hydrogen-bond donors (Lipinski definition) is 1. The van der Waals surface area contributed by atoms with Crippen molar-refractivity contribution in [2.75, 3.05) is 19.8 Å². The highest BCUT2D eigenvalue weighted by Gasteiger charge is 2.18. The normalized spacial score (nSPS) is 35.4. The van der Waals surface area contributed by atoms with Crippen molar-refractivity contribution in [3.63, 3.8) is 0 Å². The zero-order chi connectivity index (χ0) is 11.2.